The van der Waals surface area contributed by atoms with E-state index in [-0.39, 0.29) is 10.8 Å². The lowest BCUT2D eigenvalue weighted by Gasteiger charge is -2.18. The topological polar surface area (TPSA) is 79.4 Å². The number of sulfonamides is 1. The molecule has 0 aliphatic rings. The minimum Gasteiger partial charge on any atom is -0.322 e. The number of carbonyl (C=O) groups is 1. The summed E-state index contributed by atoms with van der Waals surface area (Å²) >= 11 is 1.57. The van der Waals surface area contributed by atoms with Crippen molar-refractivity contribution in [3.05, 3.63) is 53.0 Å². The van der Waals surface area contributed by atoms with E-state index in [9.17, 15) is 13.2 Å². The van der Waals surface area contributed by atoms with Crippen molar-refractivity contribution in [1.29, 1.82) is 0 Å². The maximum atomic E-state index is 12.5. The third-order valence-corrected chi connectivity index (χ3v) is 7.21. The number of aryl methyl sites for hydroxylation is 1. The molecule has 1 N–H and O–H groups in total. The van der Waals surface area contributed by atoms with Gasteiger partial charge in [-0.25, -0.2) is 13.4 Å². The molecule has 0 aliphatic carbocycles. The van der Waals surface area contributed by atoms with Crippen molar-refractivity contribution in [2.24, 2.45) is 0 Å². The fraction of sp³-hybridized carbons (Fsp3) is 0.263. The number of carbonyl (C=O) groups excluding carboxylic acids is 1. The van der Waals surface area contributed by atoms with Gasteiger partial charge in [-0.3, -0.25) is 4.79 Å². The van der Waals surface area contributed by atoms with E-state index in [0.29, 0.717) is 24.3 Å². The molecular weight excluding hydrogens is 382 g/mol. The van der Waals surface area contributed by atoms with Crippen LogP contribution in [0.1, 0.15) is 29.2 Å². The zero-order valence-corrected chi connectivity index (χ0v) is 17.0. The molecule has 0 aliphatic heterocycles. The van der Waals surface area contributed by atoms with Crippen LogP contribution in [-0.2, 0) is 10.0 Å². The highest BCUT2D eigenvalue weighted by atomic mass is 32.2. The van der Waals surface area contributed by atoms with Gasteiger partial charge in [-0.05, 0) is 49.4 Å². The second-order valence-electron chi connectivity index (χ2n) is 5.98. The van der Waals surface area contributed by atoms with Crippen molar-refractivity contribution in [2.45, 2.75) is 25.7 Å². The van der Waals surface area contributed by atoms with Crippen molar-refractivity contribution in [3.8, 4) is 0 Å². The zero-order valence-electron chi connectivity index (χ0n) is 15.4. The van der Waals surface area contributed by atoms with Gasteiger partial charge in [0.25, 0.3) is 5.91 Å². The van der Waals surface area contributed by atoms with Crippen LogP contribution in [0.4, 0.5) is 5.69 Å². The highest BCUT2D eigenvalue weighted by Crippen LogP contribution is 2.25. The van der Waals surface area contributed by atoms with Crippen molar-refractivity contribution < 1.29 is 13.2 Å². The number of anilines is 1. The molecule has 0 bridgehead atoms. The number of rotatable bonds is 6. The van der Waals surface area contributed by atoms with E-state index in [1.54, 1.807) is 31.3 Å². The molecular formula is C19H21N3O3S2. The Hall–Kier alpha value is -2.29. The number of thiazole rings is 1. The highest BCUT2D eigenvalue weighted by Gasteiger charge is 2.21. The van der Waals surface area contributed by atoms with E-state index in [4.69, 9.17) is 0 Å². The Morgan fingerprint density at radius 2 is 1.78 bits per heavy atom. The predicted molar refractivity (Wildman–Crippen MR) is 109 cm³/mol. The molecule has 0 fully saturated rings. The van der Waals surface area contributed by atoms with Crippen LogP contribution in [0.15, 0.2) is 47.4 Å². The van der Waals surface area contributed by atoms with E-state index in [1.165, 1.54) is 28.6 Å². The fourth-order valence-electron chi connectivity index (χ4n) is 2.81. The van der Waals surface area contributed by atoms with Gasteiger partial charge in [0.05, 0.1) is 20.1 Å². The zero-order chi connectivity index (χ0) is 19.6. The predicted octanol–water partition coefficient (Wildman–Crippen LogP) is 3.89. The molecule has 0 atom stereocenters. The van der Waals surface area contributed by atoms with Gasteiger partial charge < -0.3 is 5.32 Å². The van der Waals surface area contributed by atoms with Crippen molar-refractivity contribution in [2.75, 3.05) is 18.4 Å². The molecule has 1 aromatic heterocycles. The maximum absolute atomic E-state index is 12.5. The molecule has 1 heterocycles. The normalized spacial score (nSPS) is 11.9. The molecule has 1 amide bonds. The van der Waals surface area contributed by atoms with Gasteiger partial charge in [-0.2, -0.15) is 4.31 Å². The van der Waals surface area contributed by atoms with Gasteiger partial charge in [0.1, 0.15) is 0 Å². The smallest absolute Gasteiger partial charge is 0.255 e. The Morgan fingerprint density at radius 3 is 2.41 bits per heavy atom. The average Bonchev–Trinajstić information content (AvgIpc) is 3.02. The first kappa shape index (κ1) is 19.5. The molecule has 8 heteroatoms. The summed E-state index contributed by atoms with van der Waals surface area (Å²) in [5.74, 6) is -0.289. The Labute approximate surface area is 162 Å². The van der Waals surface area contributed by atoms with Crippen LogP contribution in [0, 0.1) is 6.92 Å². The average molecular weight is 404 g/mol. The van der Waals surface area contributed by atoms with E-state index >= 15 is 0 Å². The van der Waals surface area contributed by atoms with Crippen molar-refractivity contribution in [1.82, 2.24) is 9.29 Å². The first-order valence-electron chi connectivity index (χ1n) is 8.64. The summed E-state index contributed by atoms with van der Waals surface area (Å²) in [5.41, 5.74) is 1.98. The molecule has 0 unspecified atom stereocenters. The number of hydrogen-bond acceptors (Lipinski definition) is 5. The van der Waals surface area contributed by atoms with Gasteiger partial charge in [-0.15, -0.1) is 11.3 Å². The van der Waals surface area contributed by atoms with Crippen LogP contribution in [0.25, 0.3) is 10.2 Å². The van der Waals surface area contributed by atoms with Crippen molar-refractivity contribution >= 4 is 43.2 Å². The van der Waals surface area contributed by atoms with Gasteiger partial charge >= 0.3 is 0 Å². The number of nitrogens with zero attached hydrogens (tertiary/aromatic N) is 2. The minimum atomic E-state index is -3.53. The summed E-state index contributed by atoms with van der Waals surface area (Å²) < 4.78 is 27.4. The minimum absolute atomic E-state index is 0.185. The molecule has 3 rings (SSSR count). The summed E-state index contributed by atoms with van der Waals surface area (Å²) in [7, 11) is -3.53. The second-order valence-corrected chi connectivity index (χ2v) is 9.16. The van der Waals surface area contributed by atoms with E-state index < -0.39 is 10.0 Å². The lowest BCUT2D eigenvalue weighted by Crippen LogP contribution is -2.30. The lowest BCUT2D eigenvalue weighted by atomic mass is 10.2. The van der Waals surface area contributed by atoms with Crippen molar-refractivity contribution in [3.63, 3.8) is 0 Å². The van der Waals surface area contributed by atoms with E-state index in [0.717, 1.165) is 15.2 Å². The molecule has 0 radical (unpaired) electrons. The largest absolute Gasteiger partial charge is 0.322 e. The summed E-state index contributed by atoms with van der Waals surface area (Å²) in [6, 6.07) is 11.6. The van der Waals surface area contributed by atoms with Crippen LogP contribution in [0.2, 0.25) is 0 Å². The fourth-order valence-corrected chi connectivity index (χ4v) is 5.14. The first-order valence-corrected chi connectivity index (χ1v) is 10.9. The monoisotopic (exact) mass is 403 g/mol. The molecule has 6 nitrogen and oxygen atoms in total. The summed E-state index contributed by atoms with van der Waals surface area (Å²) in [5, 5.41) is 3.81. The van der Waals surface area contributed by atoms with Crippen LogP contribution in [-0.4, -0.2) is 36.7 Å². The number of nitrogens with one attached hydrogen (secondary N) is 1. The van der Waals surface area contributed by atoms with Gasteiger partial charge in [0.2, 0.25) is 10.0 Å². The Balaban J connectivity index is 1.78. The van der Waals surface area contributed by atoms with Crippen LogP contribution < -0.4 is 5.32 Å². The summed E-state index contributed by atoms with van der Waals surface area (Å²) in [6.45, 7) is 6.34. The Morgan fingerprint density at radius 1 is 1.11 bits per heavy atom. The Bertz CT molecular complexity index is 1070. The number of hydrogen-bond donors (Lipinski definition) is 1. The molecule has 142 valence electrons. The van der Waals surface area contributed by atoms with E-state index in [1.807, 2.05) is 19.1 Å². The number of benzene rings is 2. The van der Waals surface area contributed by atoms with Crippen LogP contribution >= 0.6 is 11.3 Å². The van der Waals surface area contributed by atoms with Gasteiger partial charge in [0, 0.05) is 24.3 Å². The van der Waals surface area contributed by atoms with Gasteiger partial charge in [0.15, 0.2) is 0 Å². The second kappa shape index (κ2) is 7.75. The molecule has 0 saturated carbocycles. The summed E-state index contributed by atoms with van der Waals surface area (Å²) in [6.07, 6.45) is 0. The maximum Gasteiger partial charge on any atom is 0.255 e. The SMILES string of the molecule is CCN(CC)S(=O)(=O)c1ccc(C(=O)Nc2ccc3nc(C)sc3c2)cc1. The summed E-state index contributed by atoms with van der Waals surface area (Å²) in [4.78, 5) is 17.1. The van der Waals surface area contributed by atoms with Crippen LogP contribution in [0.5, 0.6) is 0 Å². The Kier molecular flexibility index (Phi) is 5.59. The number of fused-ring (bicyclic) bond motifs is 1. The quantitative estimate of drug-likeness (QED) is 0.677. The third kappa shape index (κ3) is 4.02. The van der Waals surface area contributed by atoms with Gasteiger partial charge in [-0.1, -0.05) is 13.8 Å². The standard InChI is InChI=1S/C19H21N3O3S2/c1-4-22(5-2)27(24,25)16-9-6-14(7-10-16)19(23)21-15-8-11-17-18(12-15)26-13(3)20-17/h6-12H,4-5H2,1-3H3,(H,21,23). The molecule has 0 spiro atoms. The third-order valence-electron chi connectivity index (χ3n) is 4.21. The van der Waals surface area contributed by atoms with E-state index in [2.05, 4.69) is 10.3 Å². The molecule has 2 aromatic carbocycles. The molecule has 0 saturated heterocycles. The highest BCUT2D eigenvalue weighted by molar-refractivity contribution is 7.89. The molecule has 3 aromatic rings. The number of aromatic nitrogens is 1. The number of amides is 1. The first-order chi connectivity index (χ1) is 12.8. The molecule has 27 heavy (non-hydrogen) atoms. The lowest BCUT2D eigenvalue weighted by molar-refractivity contribution is 0.102. The van der Waals surface area contributed by atoms with Crippen LogP contribution in [0.3, 0.4) is 0 Å².